The molecule has 0 bridgehead atoms. The number of aromatic amines is 1. The molecule has 1 amide bonds. The maximum atomic E-state index is 13.2. The van der Waals surface area contributed by atoms with Crippen LogP contribution in [-0.2, 0) is 17.9 Å². The summed E-state index contributed by atoms with van der Waals surface area (Å²) in [5, 5.41) is 0. The molecular weight excluding hydrogens is 458 g/mol. The van der Waals surface area contributed by atoms with Gasteiger partial charge in [-0.1, -0.05) is 45.4 Å². The molecule has 0 aliphatic heterocycles. The fourth-order valence-corrected chi connectivity index (χ4v) is 3.61. The van der Waals surface area contributed by atoms with Crippen molar-refractivity contribution in [2.24, 2.45) is 5.92 Å². The number of nitrogen functional groups attached to an aromatic ring is 1. The minimum atomic E-state index is -0.679. The molecule has 2 aromatic heterocycles. The van der Waals surface area contributed by atoms with Crippen molar-refractivity contribution in [2.75, 3.05) is 17.2 Å². The summed E-state index contributed by atoms with van der Waals surface area (Å²) in [6.45, 7) is 6.85. The van der Waals surface area contributed by atoms with Crippen LogP contribution in [0.25, 0.3) is 6.08 Å². The fraction of sp³-hybridized carbons (Fsp3) is 0.333. The number of nitrogens with two attached hydrogens (primary N) is 1. The number of carbonyl (C=O) groups is 1. The molecule has 3 aromatic rings. The van der Waals surface area contributed by atoms with Gasteiger partial charge in [0.15, 0.2) is 5.69 Å². The first kappa shape index (κ1) is 26.5. The maximum Gasteiger partial charge on any atom is 0.330 e. The number of anilines is 2. The Bertz CT molecular complexity index is 1290. The van der Waals surface area contributed by atoms with E-state index in [-0.39, 0.29) is 24.0 Å². The molecule has 0 fully saturated rings. The number of ether oxygens (including phenoxy) is 1. The molecule has 1 aromatic carbocycles. The third kappa shape index (κ3) is 6.94. The summed E-state index contributed by atoms with van der Waals surface area (Å²) >= 11 is 0. The van der Waals surface area contributed by atoms with E-state index in [1.54, 1.807) is 12.3 Å². The number of H-pyrrole nitrogens is 1. The summed E-state index contributed by atoms with van der Waals surface area (Å²) in [5.74, 6) is 0.331. The Morgan fingerprint density at radius 1 is 1.19 bits per heavy atom. The van der Waals surface area contributed by atoms with Gasteiger partial charge in [-0.3, -0.25) is 24.1 Å². The van der Waals surface area contributed by atoms with Crippen molar-refractivity contribution in [1.29, 1.82) is 0 Å². The van der Waals surface area contributed by atoms with Crippen molar-refractivity contribution in [3.8, 4) is 5.75 Å². The quantitative estimate of drug-likeness (QED) is 0.395. The lowest BCUT2D eigenvalue weighted by Crippen LogP contribution is -2.42. The first-order chi connectivity index (χ1) is 17.3. The summed E-state index contributed by atoms with van der Waals surface area (Å²) < 4.78 is 7.06. The van der Waals surface area contributed by atoms with Gasteiger partial charge in [-0.25, -0.2) is 4.79 Å². The van der Waals surface area contributed by atoms with E-state index >= 15 is 0 Å². The first-order valence-corrected chi connectivity index (χ1v) is 12.0. The summed E-state index contributed by atoms with van der Waals surface area (Å²) in [4.78, 5) is 46.1. The highest BCUT2D eigenvalue weighted by atomic mass is 16.5. The normalized spacial score (nSPS) is 11.2. The van der Waals surface area contributed by atoms with E-state index in [0.717, 1.165) is 24.1 Å². The zero-order chi connectivity index (χ0) is 26.1. The van der Waals surface area contributed by atoms with Crippen molar-refractivity contribution in [3.63, 3.8) is 0 Å². The van der Waals surface area contributed by atoms with Gasteiger partial charge in [-0.05, 0) is 48.2 Å². The molecule has 0 saturated heterocycles. The molecule has 36 heavy (non-hydrogen) atoms. The fourth-order valence-electron chi connectivity index (χ4n) is 3.61. The molecule has 0 aliphatic carbocycles. The Morgan fingerprint density at radius 3 is 2.58 bits per heavy atom. The zero-order valence-corrected chi connectivity index (χ0v) is 20.9. The van der Waals surface area contributed by atoms with E-state index in [4.69, 9.17) is 10.5 Å². The molecule has 3 N–H and O–H groups in total. The number of benzene rings is 1. The van der Waals surface area contributed by atoms with E-state index in [0.29, 0.717) is 18.9 Å². The molecule has 0 radical (unpaired) electrons. The van der Waals surface area contributed by atoms with Crippen molar-refractivity contribution in [3.05, 3.63) is 86.8 Å². The number of nitrogens with zero attached hydrogens (tertiary/aromatic N) is 3. The molecule has 0 spiro atoms. The van der Waals surface area contributed by atoms with Crippen LogP contribution in [0.1, 0.15) is 44.9 Å². The molecule has 0 unspecified atom stereocenters. The predicted octanol–water partition coefficient (Wildman–Crippen LogP) is 3.60. The Hall–Kier alpha value is -4.14. The van der Waals surface area contributed by atoms with Crippen molar-refractivity contribution in [1.82, 2.24) is 14.5 Å². The molecule has 190 valence electrons. The standard InChI is InChI=1S/C27H33N5O4/c1-4-5-16-31-25(28)24(26(34)30-27(31)35)32(17-19(2)3)23(33)14-11-20-9-12-22(13-10-20)36-18-21-8-6-7-15-29-21/h6-15,19H,4-5,16-18,28H2,1-3H3,(H,30,34,35)/b14-11+. The SMILES string of the molecule is CCCCn1c(N)c(N(CC(C)C)C(=O)/C=C/c2ccc(OCc3ccccn3)cc2)c(=O)[nH]c1=O. The van der Waals surface area contributed by atoms with Crippen LogP contribution in [-0.4, -0.2) is 27.0 Å². The molecule has 9 heteroatoms. The average Bonchev–Trinajstić information content (AvgIpc) is 2.86. The van der Waals surface area contributed by atoms with Crippen LogP contribution in [0, 0.1) is 5.92 Å². The van der Waals surface area contributed by atoms with Crippen molar-refractivity contribution >= 4 is 23.5 Å². The van der Waals surface area contributed by atoms with E-state index in [9.17, 15) is 14.4 Å². The number of hydrogen-bond donors (Lipinski definition) is 2. The van der Waals surface area contributed by atoms with Gasteiger partial charge >= 0.3 is 5.69 Å². The second kappa shape index (κ2) is 12.5. The van der Waals surface area contributed by atoms with Crippen LogP contribution in [0.3, 0.4) is 0 Å². The van der Waals surface area contributed by atoms with Gasteiger partial charge in [-0.2, -0.15) is 0 Å². The molecule has 0 aliphatic rings. The van der Waals surface area contributed by atoms with Gasteiger partial charge in [-0.15, -0.1) is 0 Å². The van der Waals surface area contributed by atoms with Crippen LogP contribution in [0.2, 0.25) is 0 Å². The van der Waals surface area contributed by atoms with Crippen molar-refractivity contribution in [2.45, 2.75) is 46.8 Å². The molecular formula is C27H33N5O4. The number of carbonyl (C=O) groups excluding carboxylic acids is 1. The van der Waals surface area contributed by atoms with Gasteiger partial charge in [0, 0.05) is 25.4 Å². The van der Waals surface area contributed by atoms with Crippen LogP contribution in [0.15, 0.2) is 64.3 Å². The number of amides is 1. The monoisotopic (exact) mass is 491 g/mol. The second-order valence-corrected chi connectivity index (χ2v) is 8.85. The van der Waals surface area contributed by atoms with Crippen molar-refractivity contribution < 1.29 is 9.53 Å². The van der Waals surface area contributed by atoms with Crippen LogP contribution in [0.5, 0.6) is 5.75 Å². The summed E-state index contributed by atoms with van der Waals surface area (Å²) in [6.07, 6.45) is 6.34. The number of nitrogens with one attached hydrogen (secondary N) is 1. The van der Waals surface area contributed by atoms with Gasteiger partial charge in [0.25, 0.3) is 11.5 Å². The zero-order valence-electron chi connectivity index (χ0n) is 20.9. The number of rotatable bonds is 11. The lowest BCUT2D eigenvalue weighted by molar-refractivity contribution is -0.114. The van der Waals surface area contributed by atoms with E-state index in [1.807, 2.05) is 63.2 Å². The highest BCUT2D eigenvalue weighted by Crippen LogP contribution is 2.20. The predicted molar refractivity (Wildman–Crippen MR) is 142 cm³/mol. The van der Waals surface area contributed by atoms with E-state index < -0.39 is 17.2 Å². The second-order valence-electron chi connectivity index (χ2n) is 8.85. The number of unbranched alkanes of at least 4 members (excludes halogenated alkanes) is 1. The number of hydrogen-bond acceptors (Lipinski definition) is 6. The lowest BCUT2D eigenvalue weighted by atomic mass is 10.1. The van der Waals surface area contributed by atoms with E-state index in [2.05, 4.69) is 9.97 Å². The average molecular weight is 492 g/mol. The molecule has 9 nitrogen and oxygen atoms in total. The first-order valence-electron chi connectivity index (χ1n) is 12.0. The topological polar surface area (TPSA) is 123 Å². The Kier molecular flexibility index (Phi) is 9.21. The van der Waals surface area contributed by atoms with Crippen LogP contribution < -0.4 is 26.6 Å². The highest BCUT2D eigenvalue weighted by molar-refractivity contribution is 6.05. The molecule has 0 saturated carbocycles. The minimum absolute atomic E-state index is 0.00555. The van der Waals surface area contributed by atoms with Gasteiger partial charge in [0.1, 0.15) is 18.2 Å². The Morgan fingerprint density at radius 2 is 1.94 bits per heavy atom. The minimum Gasteiger partial charge on any atom is -0.487 e. The van der Waals surface area contributed by atoms with Crippen LogP contribution in [0.4, 0.5) is 11.5 Å². The molecule has 3 rings (SSSR count). The largest absolute Gasteiger partial charge is 0.487 e. The maximum absolute atomic E-state index is 13.2. The van der Waals surface area contributed by atoms with Gasteiger partial charge in [0.2, 0.25) is 0 Å². The summed E-state index contributed by atoms with van der Waals surface area (Å²) in [6, 6.07) is 12.9. The van der Waals surface area contributed by atoms with E-state index in [1.165, 1.54) is 15.5 Å². The van der Waals surface area contributed by atoms with Gasteiger partial charge in [0.05, 0.1) is 5.69 Å². The third-order valence-corrected chi connectivity index (χ3v) is 5.44. The lowest BCUT2D eigenvalue weighted by Gasteiger charge is -2.25. The smallest absolute Gasteiger partial charge is 0.330 e. The van der Waals surface area contributed by atoms with Crippen LogP contribution >= 0.6 is 0 Å². The molecule has 2 heterocycles. The van der Waals surface area contributed by atoms with Gasteiger partial charge < -0.3 is 15.4 Å². The highest BCUT2D eigenvalue weighted by Gasteiger charge is 2.23. The number of pyridine rings is 1. The summed E-state index contributed by atoms with van der Waals surface area (Å²) in [7, 11) is 0. The number of aromatic nitrogens is 3. The third-order valence-electron chi connectivity index (χ3n) is 5.44. The summed E-state index contributed by atoms with van der Waals surface area (Å²) in [5.41, 5.74) is 6.59. The Balaban J connectivity index is 1.79. The molecule has 0 atom stereocenters. The Labute approximate surface area is 210 Å².